The molecule has 2 atom stereocenters. The van der Waals surface area contributed by atoms with E-state index in [-0.39, 0.29) is 6.10 Å². The van der Waals surface area contributed by atoms with Gasteiger partial charge in [-0.3, -0.25) is 4.90 Å². The summed E-state index contributed by atoms with van der Waals surface area (Å²) in [4.78, 5) is 2.40. The molecule has 3 aromatic rings. The standard InChI is InChI=1S/C27H31NO2/c1-2-27(29,19-24-15-9-10-16-25(24)23-13-7-4-8-14-23)26-21-28(17-18-30-26)20-22-11-5-3-6-12-22/h3-16,26,29H,2,17-21H2,1H3. The van der Waals surface area contributed by atoms with E-state index < -0.39 is 5.60 Å². The topological polar surface area (TPSA) is 32.7 Å². The van der Waals surface area contributed by atoms with Crippen LogP contribution < -0.4 is 0 Å². The lowest BCUT2D eigenvalue weighted by Crippen LogP contribution is -2.55. The van der Waals surface area contributed by atoms with Gasteiger partial charge < -0.3 is 9.84 Å². The maximum Gasteiger partial charge on any atom is 0.0992 e. The Morgan fingerprint density at radius 1 is 0.933 bits per heavy atom. The van der Waals surface area contributed by atoms with E-state index in [1.165, 1.54) is 16.7 Å². The quantitative estimate of drug-likeness (QED) is 0.609. The summed E-state index contributed by atoms with van der Waals surface area (Å²) >= 11 is 0. The number of hydrogen-bond donors (Lipinski definition) is 1. The van der Waals surface area contributed by atoms with Crippen molar-refractivity contribution in [2.45, 2.75) is 38.0 Å². The zero-order valence-electron chi connectivity index (χ0n) is 17.7. The first-order valence-corrected chi connectivity index (χ1v) is 10.9. The largest absolute Gasteiger partial charge is 0.387 e. The summed E-state index contributed by atoms with van der Waals surface area (Å²) < 4.78 is 6.13. The van der Waals surface area contributed by atoms with Crippen LogP contribution in [0.15, 0.2) is 84.9 Å². The van der Waals surface area contributed by atoms with E-state index in [4.69, 9.17) is 4.74 Å². The van der Waals surface area contributed by atoms with Crippen molar-refractivity contribution < 1.29 is 9.84 Å². The lowest BCUT2D eigenvalue weighted by atomic mass is 9.83. The Morgan fingerprint density at radius 2 is 1.60 bits per heavy atom. The van der Waals surface area contributed by atoms with Gasteiger partial charge in [0.2, 0.25) is 0 Å². The van der Waals surface area contributed by atoms with Gasteiger partial charge in [0.05, 0.1) is 18.3 Å². The van der Waals surface area contributed by atoms with E-state index in [0.29, 0.717) is 19.4 Å². The van der Waals surface area contributed by atoms with Crippen LogP contribution in [0.1, 0.15) is 24.5 Å². The molecule has 0 saturated carbocycles. The summed E-state index contributed by atoms with van der Waals surface area (Å²) in [5.74, 6) is 0. The van der Waals surface area contributed by atoms with Gasteiger partial charge in [-0.05, 0) is 28.7 Å². The zero-order valence-corrected chi connectivity index (χ0v) is 17.7. The first kappa shape index (κ1) is 20.8. The fourth-order valence-corrected chi connectivity index (χ4v) is 4.38. The second kappa shape index (κ2) is 9.57. The minimum Gasteiger partial charge on any atom is -0.387 e. The molecule has 1 saturated heterocycles. The maximum absolute atomic E-state index is 11.7. The third-order valence-corrected chi connectivity index (χ3v) is 6.21. The Morgan fingerprint density at radius 3 is 2.33 bits per heavy atom. The van der Waals surface area contributed by atoms with Crippen LogP contribution in [0.25, 0.3) is 11.1 Å². The second-order valence-electron chi connectivity index (χ2n) is 8.24. The fraction of sp³-hybridized carbons (Fsp3) is 0.333. The minimum atomic E-state index is -0.903. The number of aliphatic hydroxyl groups is 1. The molecule has 1 aliphatic rings. The molecule has 0 bridgehead atoms. The highest BCUT2D eigenvalue weighted by atomic mass is 16.5. The van der Waals surface area contributed by atoms with Crippen LogP contribution in [-0.2, 0) is 17.7 Å². The van der Waals surface area contributed by atoms with E-state index in [2.05, 4.69) is 84.6 Å². The van der Waals surface area contributed by atoms with Crippen molar-refractivity contribution in [3.63, 3.8) is 0 Å². The van der Waals surface area contributed by atoms with Crippen LogP contribution in [0.5, 0.6) is 0 Å². The SMILES string of the molecule is CCC(O)(Cc1ccccc1-c1ccccc1)C1CN(Cc2ccccc2)CCO1. The van der Waals surface area contributed by atoms with Gasteiger partial charge in [-0.1, -0.05) is 91.9 Å². The van der Waals surface area contributed by atoms with Gasteiger partial charge in [0.15, 0.2) is 0 Å². The van der Waals surface area contributed by atoms with E-state index in [1.807, 2.05) is 12.1 Å². The first-order valence-electron chi connectivity index (χ1n) is 10.9. The molecular weight excluding hydrogens is 370 g/mol. The number of rotatable bonds is 7. The number of hydrogen-bond acceptors (Lipinski definition) is 3. The Labute approximate surface area is 179 Å². The molecule has 30 heavy (non-hydrogen) atoms. The Bertz CT molecular complexity index is 928. The van der Waals surface area contributed by atoms with Crippen molar-refractivity contribution in [2.75, 3.05) is 19.7 Å². The van der Waals surface area contributed by atoms with Crippen molar-refractivity contribution in [1.29, 1.82) is 0 Å². The number of benzene rings is 3. The van der Waals surface area contributed by atoms with Crippen LogP contribution in [0.3, 0.4) is 0 Å². The normalized spacial score (nSPS) is 19.3. The minimum absolute atomic E-state index is 0.205. The molecule has 3 aromatic carbocycles. The number of morpholine rings is 1. The van der Waals surface area contributed by atoms with E-state index in [0.717, 1.165) is 25.2 Å². The molecule has 1 aliphatic heterocycles. The van der Waals surface area contributed by atoms with Gasteiger partial charge in [-0.15, -0.1) is 0 Å². The summed E-state index contributed by atoms with van der Waals surface area (Å²) in [7, 11) is 0. The summed E-state index contributed by atoms with van der Waals surface area (Å²) in [6.45, 7) is 5.24. The third kappa shape index (κ3) is 4.81. The lowest BCUT2D eigenvalue weighted by molar-refractivity contribution is -0.146. The molecule has 0 amide bonds. The van der Waals surface area contributed by atoms with E-state index >= 15 is 0 Å². The van der Waals surface area contributed by atoms with Gasteiger partial charge in [0.25, 0.3) is 0 Å². The molecule has 4 rings (SSSR count). The molecule has 0 radical (unpaired) electrons. The van der Waals surface area contributed by atoms with Gasteiger partial charge in [-0.2, -0.15) is 0 Å². The van der Waals surface area contributed by atoms with E-state index in [1.54, 1.807) is 0 Å². The highest BCUT2D eigenvalue weighted by Crippen LogP contribution is 2.31. The summed E-state index contributed by atoms with van der Waals surface area (Å²) in [6, 6.07) is 29.3. The van der Waals surface area contributed by atoms with Gasteiger partial charge in [-0.25, -0.2) is 0 Å². The smallest absolute Gasteiger partial charge is 0.0992 e. The van der Waals surface area contributed by atoms with Crippen LogP contribution in [0.2, 0.25) is 0 Å². The summed E-state index contributed by atoms with van der Waals surface area (Å²) in [6.07, 6.45) is 1.03. The second-order valence-corrected chi connectivity index (χ2v) is 8.24. The predicted molar refractivity (Wildman–Crippen MR) is 122 cm³/mol. The molecule has 0 spiro atoms. The molecule has 3 nitrogen and oxygen atoms in total. The molecule has 0 aromatic heterocycles. The molecule has 1 heterocycles. The monoisotopic (exact) mass is 401 g/mol. The van der Waals surface area contributed by atoms with Crippen LogP contribution >= 0.6 is 0 Å². The Hall–Kier alpha value is -2.46. The van der Waals surface area contributed by atoms with Crippen LogP contribution in [0.4, 0.5) is 0 Å². The molecule has 0 aliphatic carbocycles. The molecule has 1 fully saturated rings. The number of ether oxygens (including phenoxy) is 1. The van der Waals surface area contributed by atoms with Gasteiger partial charge in [0.1, 0.15) is 0 Å². The first-order chi connectivity index (χ1) is 14.7. The van der Waals surface area contributed by atoms with Crippen molar-refractivity contribution in [3.8, 4) is 11.1 Å². The maximum atomic E-state index is 11.7. The molecule has 2 unspecified atom stereocenters. The molecule has 1 N–H and O–H groups in total. The van der Waals surface area contributed by atoms with Crippen molar-refractivity contribution in [3.05, 3.63) is 96.1 Å². The summed E-state index contributed by atoms with van der Waals surface area (Å²) in [5, 5.41) is 11.7. The highest BCUT2D eigenvalue weighted by molar-refractivity contribution is 5.67. The summed E-state index contributed by atoms with van der Waals surface area (Å²) in [5.41, 5.74) is 3.92. The van der Waals surface area contributed by atoms with Crippen molar-refractivity contribution in [2.24, 2.45) is 0 Å². The van der Waals surface area contributed by atoms with Crippen LogP contribution in [0, 0.1) is 0 Å². The van der Waals surface area contributed by atoms with Gasteiger partial charge >= 0.3 is 0 Å². The Balaban J connectivity index is 1.53. The third-order valence-electron chi connectivity index (χ3n) is 6.21. The average molecular weight is 402 g/mol. The molecule has 3 heteroatoms. The lowest BCUT2D eigenvalue weighted by Gasteiger charge is -2.42. The Kier molecular flexibility index (Phi) is 6.63. The predicted octanol–water partition coefficient (Wildman–Crippen LogP) is 4.94. The molecular formula is C27H31NO2. The number of nitrogens with zero attached hydrogens (tertiary/aromatic N) is 1. The highest BCUT2D eigenvalue weighted by Gasteiger charge is 2.39. The van der Waals surface area contributed by atoms with Crippen molar-refractivity contribution in [1.82, 2.24) is 4.90 Å². The van der Waals surface area contributed by atoms with Crippen molar-refractivity contribution >= 4 is 0 Å². The van der Waals surface area contributed by atoms with E-state index in [9.17, 15) is 5.11 Å². The average Bonchev–Trinajstić information content (AvgIpc) is 2.81. The fourth-order valence-electron chi connectivity index (χ4n) is 4.38. The molecule has 156 valence electrons. The zero-order chi connectivity index (χ0) is 20.8. The van der Waals surface area contributed by atoms with Gasteiger partial charge in [0, 0.05) is 26.1 Å². The van der Waals surface area contributed by atoms with Crippen LogP contribution in [-0.4, -0.2) is 41.4 Å².